The molecule has 0 spiro atoms. The standard InChI is InChI=1S/C20H20N2O3/c1-12-5-4-6-13(7-12)8-14-15-9-18(24-2)19(25-3)10-17(15)22-11-16(14)20(21)23/h4-7,9-11H,8H2,1-3H3,(H2,21,23). The number of nitrogens with zero attached hydrogens (tertiary/aromatic N) is 1. The Morgan fingerprint density at radius 3 is 2.48 bits per heavy atom. The van der Waals surface area contributed by atoms with Gasteiger partial charge in [-0.15, -0.1) is 0 Å². The van der Waals surface area contributed by atoms with Gasteiger partial charge in [0.2, 0.25) is 0 Å². The van der Waals surface area contributed by atoms with Gasteiger partial charge < -0.3 is 15.2 Å². The fraction of sp³-hybridized carbons (Fsp3) is 0.200. The highest BCUT2D eigenvalue weighted by molar-refractivity contribution is 6.00. The Bertz CT molecular complexity index is 951. The third-order valence-electron chi connectivity index (χ3n) is 4.21. The first-order valence-electron chi connectivity index (χ1n) is 7.92. The maximum absolute atomic E-state index is 11.9. The molecule has 1 aromatic heterocycles. The molecule has 0 aliphatic rings. The first kappa shape index (κ1) is 16.8. The van der Waals surface area contributed by atoms with Crippen LogP contribution in [0.3, 0.4) is 0 Å². The van der Waals surface area contributed by atoms with Crippen LogP contribution in [0.1, 0.15) is 27.0 Å². The Morgan fingerprint density at radius 2 is 1.84 bits per heavy atom. The minimum absolute atomic E-state index is 0.418. The quantitative estimate of drug-likeness (QED) is 0.776. The van der Waals surface area contributed by atoms with Crippen LogP contribution in [0.25, 0.3) is 10.9 Å². The first-order valence-corrected chi connectivity index (χ1v) is 7.92. The highest BCUT2D eigenvalue weighted by Crippen LogP contribution is 2.34. The molecule has 0 atom stereocenters. The summed E-state index contributed by atoms with van der Waals surface area (Å²) in [6, 6.07) is 11.8. The largest absolute Gasteiger partial charge is 0.493 e. The zero-order valence-corrected chi connectivity index (χ0v) is 14.5. The van der Waals surface area contributed by atoms with Crippen LogP contribution in [-0.2, 0) is 6.42 Å². The van der Waals surface area contributed by atoms with Crippen molar-refractivity contribution in [1.29, 1.82) is 0 Å². The summed E-state index contributed by atoms with van der Waals surface area (Å²) in [5.74, 6) is 0.687. The predicted octanol–water partition coefficient (Wildman–Crippen LogP) is 3.25. The molecule has 1 amide bonds. The van der Waals surface area contributed by atoms with Gasteiger partial charge in [0.05, 0.1) is 25.3 Å². The second kappa shape index (κ2) is 6.81. The molecule has 0 aliphatic carbocycles. The summed E-state index contributed by atoms with van der Waals surface area (Å²) in [4.78, 5) is 16.3. The molecule has 0 bridgehead atoms. The number of methoxy groups -OCH3 is 2. The van der Waals surface area contributed by atoms with Crippen LogP contribution in [-0.4, -0.2) is 25.1 Å². The van der Waals surface area contributed by atoms with Gasteiger partial charge in [-0.1, -0.05) is 29.8 Å². The van der Waals surface area contributed by atoms with E-state index in [0.717, 1.165) is 27.6 Å². The number of aryl methyl sites for hydroxylation is 1. The molecule has 1 heterocycles. The highest BCUT2D eigenvalue weighted by atomic mass is 16.5. The smallest absolute Gasteiger partial charge is 0.250 e. The Labute approximate surface area is 146 Å². The zero-order valence-electron chi connectivity index (χ0n) is 14.5. The van der Waals surface area contributed by atoms with E-state index < -0.39 is 5.91 Å². The number of hydrogen-bond acceptors (Lipinski definition) is 4. The summed E-state index contributed by atoms with van der Waals surface area (Å²) < 4.78 is 10.7. The predicted molar refractivity (Wildman–Crippen MR) is 97.3 cm³/mol. The monoisotopic (exact) mass is 336 g/mol. The summed E-state index contributed by atoms with van der Waals surface area (Å²) in [5.41, 5.74) is 9.83. The van der Waals surface area contributed by atoms with Gasteiger partial charge in [0.15, 0.2) is 11.5 Å². The normalized spacial score (nSPS) is 10.7. The minimum Gasteiger partial charge on any atom is -0.493 e. The lowest BCUT2D eigenvalue weighted by molar-refractivity contribution is 0.0999. The van der Waals surface area contributed by atoms with Crippen molar-refractivity contribution in [2.24, 2.45) is 5.73 Å². The van der Waals surface area contributed by atoms with Crippen molar-refractivity contribution in [2.75, 3.05) is 14.2 Å². The van der Waals surface area contributed by atoms with Crippen LogP contribution < -0.4 is 15.2 Å². The topological polar surface area (TPSA) is 74.4 Å². The number of pyridine rings is 1. The number of amides is 1. The van der Waals surface area contributed by atoms with Crippen molar-refractivity contribution in [3.8, 4) is 11.5 Å². The van der Waals surface area contributed by atoms with Gasteiger partial charge >= 0.3 is 0 Å². The molecule has 3 rings (SSSR count). The molecular weight excluding hydrogens is 316 g/mol. The second-order valence-corrected chi connectivity index (χ2v) is 5.90. The van der Waals surface area contributed by atoms with Gasteiger partial charge in [0.1, 0.15) is 0 Å². The lowest BCUT2D eigenvalue weighted by atomic mass is 9.95. The van der Waals surface area contributed by atoms with Crippen molar-refractivity contribution in [1.82, 2.24) is 4.98 Å². The van der Waals surface area contributed by atoms with Gasteiger partial charge in [0, 0.05) is 17.6 Å². The number of ether oxygens (including phenoxy) is 2. The summed E-state index contributed by atoms with van der Waals surface area (Å²) in [6.45, 7) is 2.04. The number of fused-ring (bicyclic) bond motifs is 1. The van der Waals surface area contributed by atoms with Crippen LogP contribution in [0.2, 0.25) is 0 Å². The van der Waals surface area contributed by atoms with E-state index in [-0.39, 0.29) is 0 Å². The van der Waals surface area contributed by atoms with Crippen LogP contribution in [0.15, 0.2) is 42.6 Å². The Morgan fingerprint density at radius 1 is 1.12 bits per heavy atom. The second-order valence-electron chi connectivity index (χ2n) is 5.90. The van der Waals surface area contributed by atoms with E-state index in [1.807, 2.05) is 31.2 Å². The molecule has 128 valence electrons. The summed E-state index contributed by atoms with van der Waals surface area (Å²) in [5, 5.41) is 0.829. The summed E-state index contributed by atoms with van der Waals surface area (Å²) in [7, 11) is 3.16. The van der Waals surface area contributed by atoms with Crippen molar-refractivity contribution < 1.29 is 14.3 Å². The molecule has 2 N–H and O–H groups in total. The summed E-state index contributed by atoms with van der Waals surface area (Å²) in [6.07, 6.45) is 2.11. The Hall–Kier alpha value is -3.08. The summed E-state index contributed by atoms with van der Waals surface area (Å²) >= 11 is 0. The molecule has 5 heteroatoms. The van der Waals surface area contributed by atoms with E-state index in [4.69, 9.17) is 15.2 Å². The lowest BCUT2D eigenvalue weighted by Gasteiger charge is -2.14. The molecule has 25 heavy (non-hydrogen) atoms. The molecule has 0 saturated heterocycles. The lowest BCUT2D eigenvalue weighted by Crippen LogP contribution is -2.15. The molecule has 5 nitrogen and oxygen atoms in total. The average molecular weight is 336 g/mol. The van der Waals surface area contributed by atoms with Crippen molar-refractivity contribution in [3.63, 3.8) is 0 Å². The molecular formula is C20H20N2O3. The molecule has 0 radical (unpaired) electrons. The van der Waals surface area contributed by atoms with Gasteiger partial charge in [-0.3, -0.25) is 9.78 Å². The number of benzene rings is 2. The van der Waals surface area contributed by atoms with Crippen LogP contribution >= 0.6 is 0 Å². The molecule has 0 aliphatic heterocycles. The minimum atomic E-state index is -0.494. The maximum atomic E-state index is 11.9. The Balaban J connectivity index is 2.24. The SMILES string of the molecule is COc1cc2ncc(C(N)=O)c(Cc3cccc(C)c3)c2cc1OC. The van der Waals surface area contributed by atoms with Gasteiger partial charge in [-0.25, -0.2) is 0 Å². The average Bonchev–Trinajstić information content (AvgIpc) is 2.60. The van der Waals surface area contributed by atoms with Gasteiger partial charge in [-0.05, 0) is 30.5 Å². The van der Waals surface area contributed by atoms with Gasteiger partial charge in [0.25, 0.3) is 5.91 Å². The van der Waals surface area contributed by atoms with Gasteiger partial charge in [-0.2, -0.15) is 0 Å². The zero-order chi connectivity index (χ0) is 18.0. The molecule has 3 aromatic rings. The fourth-order valence-electron chi connectivity index (χ4n) is 3.00. The third kappa shape index (κ3) is 3.26. The number of carbonyl (C=O) groups excluding carboxylic acids is 1. The van der Waals surface area contributed by atoms with Crippen LogP contribution in [0.4, 0.5) is 0 Å². The molecule has 0 unspecified atom stereocenters. The number of hydrogen-bond donors (Lipinski definition) is 1. The van der Waals surface area contributed by atoms with E-state index in [1.165, 1.54) is 6.20 Å². The number of carbonyl (C=O) groups is 1. The van der Waals surface area contributed by atoms with E-state index in [9.17, 15) is 4.79 Å². The number of aromatic nitrogens is 1. The number of primary amides is 1. The Kier molecular flexibility index (Phi) is 4.57. The highest BCUT2D eigenvalue weighted by Gasteiger charge is 2.16. The third-order valence-corrected chi connectivity index (χ3v) is 4.21. The molecule has 2 aromatic carbocycles. The fourth-order valence-corrected chi connectivity index (χ4v) is 3.00. The molecule has 0 fully saturated rings. The number of rotatable bonds is 5. The number of nitrogens with two attached hydrogens (primary N) is 1. The van der Waals surface area contributed by atoms with Crippen molar-refractivity contribution >= 4 is 16.8 Å². The first-order chi connectivity index (χ1) is 12.0. The van der Waals surface area contributed by atoms with E-state index in [1.54, 1.807) is 20.3 Å². The van der Waals surface area contributed by atoms with Crippen molar-refractivity contribution in [3.05, 3.63) is 64.8 Å². The van der Waals surface area contributed by atoms with Crippen LogP contribution in [0.5, 0.6) is 11.5 Å². The van der Waals surface area contributed by atoms with Crippen molar-refractivity contribution in [2.45, 2.75) is 13.3 Å². The maximum Gasteiger partial charge on any atom is 0.250 e. The molecule has 0 saturated carbocycles. The van der Waals surface area contributed by atoms with E-state index >= 15 is 0 Å². The van der Waals surface area contributed by atoms with E-state index in [0.29, 0.717) is 23.5 Å². The van der Waals surface area contributed by atoms with Crippen LogP contribution in [0, 0.1) is 6.92 Å². The van der Waals surface area contributed by atoms with E-state index in [2.05, 4.69) is 11.1 Å².